The number of nitrogens with zero attached hydrogens (tertiary/aromatic N) is 1. The van der Waals surface area contributed by atoms with E-state index in [-0.39, 0.29) is 5.57 Å². The smallest absolute Gasteiger partial charge is 0.335 e. The van der Waals surface area contributed by atoms with Gasteiger partial charge in [0.15, 0.2) is 5.09 Å². The van der Waals surface area contributed by atoms with Crippen LogP contribution in [-0.4, -0.2) is 17.8 Å². The summed E-state index contributed by atoms with van der Waals surface area (Å²) in [5.74, 6) is -1.14. The molecule has 0 aliphatic carbocycles. The molecule has 144 valence electrons. The molecule has 1 aliphatic heterocycles. The number of amides is 4. The first-order chi connectivity index (χ1) is 14.0. The summed E-state index contributed by atoms with van der Waals surface area (Å²) in [7, 11) is 0. The number of benzene rings is 2. The minimum atomic E-state index is -0.792. The van der Waals surface area contributed by atoms with Gasteiger partial charge >= 0.3 is 6.03 Å². The van der Waals surface area contributed by atoms with Crippen LogP contribution in [0.2, 0.25) is 0 Å². The molecule has 1 N–H and O–H groups in total. The topological polar surface area (TPSA) is 79.6 Å². The number of carbonyl (C=O) groups is 3. The predicted octanol–water partition coefficient (Wildman–Crippen LogP) is 4.86. The van der Waals surface area contributed by atoms with Gasteiger partial charge in [-0.1, -0.05) is 45.9 Å². The molecule has 0 radical (unpaired) electrons. The maximum Gasteiger partial charge on any atom is 0.335 e. The second-order valence-corrected chi connectivity index (χ2v) is 8.00. The summed E-state index contributed by atoms with van der Waals surface area (Å²) in [6, 6.07) is 18.9. The zero-order valence-corrected chi connectivity index (χ0v) is 17.2. The van der Waals surface area contributed by atoms with Crippen LogP contribution in [0.5, 0.6) is 0 Å². The van der Waals surface area contributed by atoms with E-state index in [1.807, 2.05) is 30.3 Å². The number of furan rings is 1. The van der Waals surface area contributed by atoms with E-state index in [4.69, 9.17) is 4.42 Å². The van der Waals surface area contributed by atoms with Gasteiger partial charge in [0.2, 0.25) is 0 Å². The molecular weight excluding hydrogens is 456 g/mol. The van der Waals surface area contributed by atoms with Gasteiger partial charge in [0.1, 0.15) is 11.3 Å². The Hall–Kier alpha value is -3.10. The monoisotopic (exact) mass is 468 g/mol. The fourth-order valence-electron chi connectivity index (χ4n) is 2.70. The van der Waals surface area contributed by atoms with E-state index in [1.165, 1.54) is 17.8 Å². The van der Waals surface area contributed by atoms with Gasteiger partial charge in [-0.25, -0.2) is 9.69 Å². The summed E-state index contributed by atoms with van der Waals surface area (Å²) in [5.41, 5.74) is 0.173. The fraction of sp³-hybridized carbons (Fsp3) is 0. The van der Waals surface area contributed by atoms with Crippen LogP contribution in [0.15, 0.2) is 91.2 Å². The Labute approximate surface area is 178 Å². The number of imide groups is 2. The molecule has 2 aromatic carbocycles. The number of hydrogen-bond donors (Lipinski definition) is 1. The summed E-state index contributed by atoms with van der Waals surface area (Å²) in [5, 5.41) is 2.81. The molecule has 4 amide bonds. The van der Waals surface area contributed by atoms with E-state index in [2.05, 4.69) is 21.2 Å². The molecule has 1 aliphatic rings. The van der Waals surface area contributed by atoms with Crippen molar-refractivity contribution in [1.29, 1.82) is 0 Å². The van der Waals surface area contributed by atoms with Gasteiger partial charge in [0.25, 0.3) is 11.8 Å². The number of barbiturate groups is 1. The first kappa shape index (κ1) is 19.2. The van der Waals surface area contributed by atoms with Gasteiger partial charge < -0.3 is 4.42 Å². The van der Waals surface area contributed by atoms with Gasteiger partial charge in [-0.2, -0.15) is 0 Å². The summed E-state index contributed by atoms with van der Waals surface area (Å²) >= 11 is 4.73. The van der Waals surface area contributed by atoms with E-state index in [9.17, 15) is 14.4 Å². The molecule has 1 aromatic heterocycles. The Balaban J connectivity index is 1.60. The molecule has 2 heterocycles. The highest BCUT2D eigenvalue weighted by Gasteiger charge is 2.37. The Morgan fingerprint density at radius 1 is 0.931 bits per heavy atom. The number of urea groups is 1. The van der Waals surface area contributed by atoms with Crippen molar-refractivity contribution >= 4 is 57.3 Å². The van der Waals surface area contributed by atoms with Crippen LogP contribution in [-0.2, 0) is 9.59 Å². The number of rotatable bonds is 4. The zero-order chi connectivity index (χ0) is 20.4. The van der Waals surface area contributed by atoms with Gasteiger partial charge in [-0.15, -0.1) is 0 Å². The molecule has 0 saturated carbocycles. The van der Waals surface area contributed by atoms with E-state index in [0.717, 1.165) is 14.3 Å². The molecule has 1 saturated heterocycles. The standard InChI is InChI=1S/C21H13BrN2O4S/c22-13-6-8-14(9-7-13)24-20(26)17(19(25)23-21(24)27)12-15-10-11-18(28-15)29-16-4-2-1-3-5-16/h1-12H,(H,23,25,27). The van der Waals surface area contributed by atoms with Gasteiger partial charge in [0, 0.05) is 9.37 Å². The maximum absolute atomic E-state index is 12.9. The third-order valence-corrected chi connectivity index (χ3v) is 5.49. The molecule has 0 atom stereocenters. The summed E-state index contributed by atoms with van der Waals surface area (Å²) in [4.78, 5) is 39.2. The molecule has 3 aromatic rings. The number of anilines is 1. The Kier molecular flexibility index (Phi) is 5.37. The lowest BCUT2D eigenvalue weighted by Crippen LogP contribution is -2.54. The highest BCUT2D eigenvalue weighted by Crippen LogP contribution is 2.30. The highest BCUT2D eigenvalue weighted by atomic mass is 79.9. The van der Waals surface area contributed by atoms with E-state index < -0.39 is 17.8 Å². The molecule has 4 rings (SSSR count). The van der Waals surface area contributed by atoms with Crippen LogP contribution >= 0.6 is 27.7 Å². The second-order valence-electron chi connectivity index (χ2n) is 6.01. The first-order valence-corrected chi connectivity index (χ1v) is 10.1. The minimum Gasteiger partial charge on any atom is -0.450 e. The van der Waals surface area contributed by atoms with E-state index >= 15 is 0 Å². The molecule has 1 fully saturated rings. The predicted molar refractivity (Wildman–Crippen MR) is 112 cm³/mol. The lowest BCUT2D eigenvalue weighted by atomic mass is 10.1. The van der Waals surface area contributed by atoms with E-state index in [1.54, 1.807) is 36.4 Å². The van der Waals surface area contributed by atoms with Gasteiger partial charge in [0.05, 0.1) is 5.69 Å². The molecule has 0 spiro atoms. The Morgan fingerprint density at radius 3 is 2.38 bits per heavy atom. The molecule has 8 heteroatoms. The fourth-order valence-corrected chi connectivity index (χ4v) is 3.76. The van der Waals surface area contributed by atoms with Crippen LogP contribution in [0.4, 0.5) is 10.5 Å². The SMILES string of the molecule is O=C1NC(=O)N(c2ccc(Br)cc2)C(=O)C1=Cc1ccc(Sc2ccccc2)o1. The zero-order valence-electron chi connectivity index (χ0n) is 14.8. The summed E-state index contributed by atoms with van der Waals surface area (Å²) in [6.07, 6.45) is 1.34. The number of carbonyl (C=O) groups excluding carboxylic acids is 3. The Morgan fingerprint density at radius 2 is 1.66 bits per heavy atom. The third-order valence-electron chi connectivity index (χ3n) is 4.04. The molecule has 29 heavy (non-hydrogen) atoms. The molecule has 0 bridgehead atoms. The minimum absolute atomic E-state index is 0.182. The Bertz CT molecular complexity index is 1120. The van der Waals surface area contributed by atoms with Crippen molar-refractivity contribution in [3.8, 4) is 0 Å². The van der Waals surface area contributed by atoms with Crippen LogP contribution in [0.3, 0.4) is 0 Å². The lowest BCUT2D eigenvalue weighted by Gasteiger charge is -2.26. The lowest BCUT2D eigenvalue weighted by molar-refractivity contribution is -0.122. The van der Waals surface area contributed by atoms with Crippen LogP contribution in [0, 0.1) is 0 Å². The molecule has 6 nitrogen and oxygen atoms in total. The van der Waals surface area contributed by atoms with Crippen molar-refractivity contribution < 1.29 is 18.8 Å². The van der Waals surface area contributed by atoms with Crippen LogP contribution < -0.4 is 10.2 Å². The normalized spacial score (nSPS) is 15.7. The first-order valence-electron chi connectivity index (χ1n) is 8.51. The maximum atomic E-state index is 12.9. The average Bonchev–Trinajstić information content (AvgIpc) is 3.14. The molecule has 0 unspecified atom stereocenters. The van der Waals surface area contributed by atoms with Crippen molar-refractivity contribution in [2.75, 3.05) is 4.90 Å². The van der Waals surface area contributed by atoms with Gasteiger partial charge in [-0.05, 0) is 54.6 Å². The largest absolute Gasteiger partial charge is 0.450 e. The third kappa shape index (κ3) is 4.18. The highest BCUT2D eigenvalue weighted by molar-refractivity contribution is 9.10. The van der Waals surface area contributed by atoms with E-state index in [0.29, 0.717) is 16.5 Å². The average molecular weight is 469 g/mol. The quantitative estimate of drug-likeness (QED) is 0.436. The van der Waals surface area contributed by atoms with Crippen LogP contribution in [0.25, 0.3) is 6.08 Å². The molecular formula is C21H13BrN2O4S. The summed E-state index contributed by atoms with van der Waals surface area (Å²) in [6.45, 7) is 0. The van der Waals surface area contributed by atoms with Crippen molar-refractivity contribution in [2.24, 2.45) is 0 Å². The number of halogens is 1. The summed E-state index contributed by atoms with van der Waals surface area (Å²) < 4.78 is 6.52. The number of nitrogens with one attached hydrogen (secondary N) is 1. The van der Waals surface area contributed by atoms with Crippen molar-refractivity contribution in [3.05, 3.63) is 82.5 Å². The van der Waals surface area contributed by atoms with Crippen molar-refractivity contribution in [2.45, 2.75) is 9.99 Å². The van der Waals surface area contributed by atoms with Gasteiger partial charge in [-0.3, -0.25) is 14.9 Å². The second kappa shape index (κ2) is 8.10. The number of hydrogen-bond acceptors (Lipinski definition) is 5. The van der Waals surface area contributed by atoms with Crippen LogP contribution in [0.1, 0.15) is 5.76 Å². The van der Waals surface area contributed by atoms with Crippen molar-refractivity contribution in [3.63, 3.8) is 0 Å². The van der Waals surface area contributed by atoms with Crippen molar-refractivity contribution in [1.82, 2.24) is 5.32 Å².